The summed E-state index contributed by atoms with van der Waals surface area (Å²) in [6, 6.07) is 11.2. The van der Waals surface area contributed by atoms with Crippen LogP contribution in [0.1, 0.15) is 23.6 Å². The minimum absolute atomic E-state index is 0.0426. The number of anilines is 1. The highest BCUT2D eigenvalue weighted by Crippen LogP contribution is 2.31. The van der Waals surface area contributed by atoms with E-state index >= 15 is 0 Å². The Hall–Kier alpha value is -2.56. The number of amides is 2. The van der Waals surface area contributed by atoms with Gasteiger partial charge in [-0.15, -0.1) is 0 Å². The van der Waals surface area contributed by atoms with Crippen LogP contribution in [0, 0.1) is 6.92 Å². The molecule has 2 amide bonds. The van der Waals surface area contributed by atoms with Crippen LogP contribution >= 0.6 is 0 Å². The number of nitrogens with zero attached hydrogens (tertiary/aromatic N) is 1. The van der Waals surface area contributed by atoms with Crippen molar-refractivity contribution >= 4 is 11.8 Å². The van der Waals surface area contributed by atoms with Gasteiger partial charge in [0, 0.05) is 18.2 Å². The predicted octanol–water partition coefficient (Wildman–Crippen LogP) is 3.04. The van der Waals surface area contributed by atoms with Gasteiger partial charge in [0.25, 0.3) is 0 Å². The fraction of sp³-hybridized carbons (Fsp3) is 0.250. The van der Waals surface area contributed by atoms with Gasteiger partial charge in [0.15, 0.2) is 0 Å². The fourth-order valence-corrected chi connectivity index (χ4v) is 2.41. The molecule has 21 heavy (non-hydrogen) atoms. The van der Waals surface area contributed by atoms with Gasteiger partial charge in [-0.2, -0.15) is 0 Å². The summed E-state index contributed by atoms with van der Waals surface area (Å²) in [5.74, 6) is 1.42. The molecule has 0 saturated carbocycles. The van der Waals surface area contributed by atoms with Crippen LogP contribution < -0.4 is 15.4 Å². The second-order valence-electron chi connectivity index (χ2n) is 4.99. The third-order valence-electron chi connectivity index (χ3n) is 3.51. The lowest BCUT2D eigenvalue weighted by Gasteiger charge is -2.26. The largest absolute Gasteiger partial charge is 0.493 e. The molecular weight excluding hydrogens is 266 g/mol. The number of rotatable bonds is 2. The molecule has 0 aliphatic carbocycles. The first-order chi connectivity index (χ1) is 10.2. The lowest BCUT2D eigenvalue weighted by atomic mass is 10.0. The predicted molar refractivity (Wildman–Crippen MR) is 80.4 cm³/mol. The molecule has 2 heterocycles. The van der Waals surface area contributed by atoms with Crippen LogP contribution in [0.3, 0.4) is 0 Å². The zero-order valence-electron chi connectivity index (χ0n) is 11.8. The van der Waals surface area contributed by atoms with Gasteiger partial charge in [-0.25, -0.2) is 9.78 Å². The highest BCUT2D eigenvalue weighted by molar-refractivity contribution is 5.89. The number of urea groups is 1. The van der Waals surface area contributed by atoms with Crippen molar-refractivity contribution < 1.29 is 9.53 Å². The highest BCUT2D eigenvalue weighted by Gasteiger charge is 2.22. The lowest BCUT2D eigenvalue weighted by molar-refractivity contribution is 0.232. The number of benzene rings is 1. The zero-order chi connectivity index (χ0) is 14.7. The molecule has 0 spiro atoms. The van der Waals surface area contributed by atoms with E-state index in [0.717, 1.165) is 23.3 Å². The monoisotopic (exact) mass is 283 g/mol. The normalized spacial score (nSPS) is 16.5. The third kappa shape index (κ3) is 2.97. The van der Waals surface area contributed by atoms with Crippen molar-refractivity contribution in [1.82, 2.24) is 10.3 Å². The Morgan fingerprint density at radius 1 is 1.29 bits per heavy atom. The number of pyridine rings is 1. The molecule has 1 atom stereocenters. The number of carbonyl (C=O) groups excluding carboxylic acids is 1. The van der Waals surface area contributed by atoms with Crippen molar-refractivity contribution in [3.8, 4) is 5.75 Å². The van der Waals surface area contributed by atoms with Gasteiger partial charge >= 0.3 is 6.03 Å². The van der Waals surface area contributed by atoms with Gasteiger partial charge < -0.3 is 10.1 Å². The molecule has 1 aliphatic rings. The van der Waals surface area contributed by atoms with Crippen LogP contribution in [0.2, 0.25) is 0 Å². The molecule has 5 heteroatoms. The average molecular weight is 283 g/mol. The van der Waals surface area contributed by atoms with Crippen LogP contribution in [-0.2, 0) is 0 Å². The number of carbonyl (C=O) groups is 1. The fourth-order valence-electron chi connectivity index (χ4n) is 2.41. The summed E-state index contributed by atoms with van der Waals surface area (Å²) in [6.45, 7) is 2.51. The second-order valence-corrected chi connectivity index (χ2v) is 4.99. The number of hydrogen-bond donors (Lipinski definition) is 2. The molecule has 1 aliphatic heterocycles. The number of aryl methyl sites for hydroxylation is 1. The van der Waals surface area contributed by atoms with E-state index in [9.17, 15) is 4.79 Å². The molecule has 2 aromatic rings. The van der Waals surface area contributed by atoms with E-state index in [-0.39, 0.29) is 12.1 Å². The van der Waals surface area contributed by atoms with E-state index in [1.165, 1.54) is 0 Å². The molecule has 1 aromatic heterocycles. The number of fused-ring (bicyclic) bond motifs is 1. The molecule has 0 fully saturated rings. The van der Waals surface area contributed by atoms with E-state index in [4.69, 9.17) is 4.74 Å². The Labute approximate surface area is 123 Å². The van der Waals surface area contributed by atoms with Crippen molar-refractivity contribution in [2.24, 2.45) is 0 Å². The van der Waals surface area contributed by atoms with Crippen LogP contribution in [-0.4, -0.2) is 17.6 Å². The van der Waals surface area contributed by atoms with Crippen molar-refractivity contribution in [3.05, 3.63) is 53.7 Å². The molecule has 3 rings (SSSR count). The summed E-state index contributed by atoms with van der Waals surface area (Å²) in [4.78, 5) is 16.3. The van der Waals surface area contributed by atoms with Gasteiger partial charge in [-0.3, -0.25) is 5.32 Å². The number of ether oxygens (including phenoxy) is 1. The summed E-state index contributed by atoms with van der Waals surface area (Å²) in [6.07, 6.45) is 2.41. The summed E-state index contributed by atoms with van der Waals surface area (Å²) >= 11 is 0. The maximum absolute atomic E-state index is 12.1. The van der Waals surface area contributed by atoms with Gasteiger partial charge in [-0.05, 0) is 24.6 Å². The molecule has 108 valence electrons. The zero-order valence-corrected chi connectivity index (χ0v) is 11.8. The highest BCUT2D eigenvalue weighted by atomic mass is 16.5. The van der Waals surface area contributed by atoms with E-state index < -0.39 is 0 Å². The molecule has 5 nitrogen and oxygen atoms in total. The van der Waals surface area contributed by atoms with Gasteiger partial charge in [-0.1, -0.05) is 24.3 Å². The van der Waals surface area contributed by atoms with E-state index in [2.05, 4.69) is 15.6 Å². The van der Waals surface area contributed by atoms with Crippen molar-refractivity contribution in [1.29, 1.82) is 0 Å². The van der Waals surface area contributed by atoms with Crippen LogP contribution in [0.5, 0.6) is 5.75 Å². The molecule has 0 saturated heterocycles. The Morgan fingerprint density at radius 2 is 2.14 bits per heavy atom. The molecule has 1 unspecified atom stereocenters. The smallest absolute Gasteiger partial charge is 0.320 e. The molecule has 1 aromatic carbocycles. The van der Waals surface area contributed by atoms with Crippen LogP contribution in [0.4, 0.5) is 10.6 Å². The Bertz CT molecular complexity index is 657. The quantitative estimate of drug-likeness (QED) is 0.890. The lowest BCUT2D eigenvalue weighted by Crippen LogP contribution is -2.35. The van der Waals surface area contributed by atoms with Gasteiger partial charge in [0.05, 0.1) is 12.6 Å². The first-order valence-corrected chi connectivity index (χ1v) is 6.95. The van der Waals surface area contributed by atoms with Crippen molar-refractivity contribution in [2.45, 2.75) is 19.4 Å². The second kappa shape index (κ2) is 5.83. The summed E-state index contributed by atoms with van der Waals surface area (Å²) in [5.41, 5.74) is 1.94. The standard InChI is InChI=1S/C16H17N3O2/c1-11-5-4-9-17-15(11)19-16(20)18-13-8-10-21-14-7-3-2-6-12(13)14/h2-7,9,13H,8,10H2,1H3,(H2,17,18,19,20). The van der Waals surface area contributed by atoms with Gasteiger partial charge in [0.1, 0.15) is 11.6 Å². The summed E-state index contributed by atoms with van der Waals surface area (Å²) in [7, 11) is 0. The van der Waals surface area contributed by atoms with Crippen molar-refractivity contribution in [3.63, 3.8) is 0 Å². The molecule has 0 radical (unpaired) electrons. The average Bonchev–Trinajstić information content (AvgIpc) is 2.50. The Balaban J connectivity index is 1.70. The maximum atomic E-state index is 12.1. The van der Waals surface area contributed by atoms with Crippen LogP contribution in [0.25, 0.3) is 0 Å². The Kier molecular flexibility index (Phi) is 3.73. The molecule has 2 N–H and O–H groups in total. The number of hydrogen-bond acceptors (Lipinski definition) is 3. The first kappa shape index (κ1) is 13.4. The minimum Gasteiger partial charge on any atom is -0.493 e. The third-order valence-corrected chi connectivity index (χ3v) is 3.51. The summed E-state index contributed by atoms with van der Waals surface area (Å²) in [5, 5.41) is 5.77. The molecular formula is C16H17N3O2. The topological polar surface area (TPSA) is 63.2 Å². The Morgan fingerprint density at radius 3 is 3.00 bits per heavy atom. The number of para-hydroxylation sites is 1. The van der Waals surface area contributed by atoms with Crippen LogP contribution in [0.15, 0.2) is 42.6 Å². The van der Waals surface area contributed by atoms with Crippen molar-refractivity contribution in [2.75, 3.05) is 11.9 Å². The first-order valence-electron chi connectivity index (χ1n) is 6.95. The van der Waals surface area contributed by atoms with E-state index in [0.29, 0.717) is 12.4 Å². The van der Waals surface area contributed by atoms with E-state index in [1.54, 1.807) is 6.20 Å². The number of aromatic nitrogens is 1. The SMILES string of the molecule is Cc1cccnc1NC(=O)NC1CCOc2ccccc21. The van der Waals surface area contributed by atoms with Gasteiger partial charge in [0.2, 0.25) is 0 Å². The molecule has 0 bridgehead atoms. The van der Waals surface area contributed by atoms with E-state index in [1.807, 2.05) is 43.3 Å². The number of nitrogens with one attached hydrogen (secondary N) is 2. The maximum Gasteiger partial charge on any atom is 0.320 e. The minimum atomic E-state index is -0.251. The summed E-state index contributed by atoms with van der Waals surface area (Å²) < 4.78 is 5.59.